The molecule has 0 unspecified atom stereocenters. The number of pyridine rings is 1. The predicted molar refractivity (Wildman–Crippen MR) is 129 cm³/mol. The van der Waals surface area contributed by atoms with Gasteiger partial charge in [-0.3, -0.25) is 14.3 Å². The largest absolute Gasteiger partial charge is 0.381 e. The van der Waals surface area contributed by atoms with Crippen molar-refractivity contribution in [2.75, 3.05) is 24.7 Å². The molecule has 2 aromatic heterocycles. The van der Waals surface area contributed by atoms with Gasteiger partial charge in [0.1, 0.15) is 0 Å². The lowest BCUT2D eigenvalue weighted by atomic mass is 10.0. The Morgan fingerprint density at radius 2 is 2.00 bits per heavy atom. The molecule has 1 fully saturated rings. The number of H-pyrrole nitrogens is 1. The molecule has 33 heavy (non-hydrogen) atoms. The topological polar surface area (TPSA) is 80.2 Å². The third kappa shape index (κ3) is 3.26. The molecule has 2 aliphatic heterocycles. The minimum atomic E-state index is -0.195. The summed E-state index contributed by atoms with van der Waals surface area (Å²) in [4.78, 5) is 31.2. The molecule has 2 aromatic carbocycles. The second-order valence-corrected chi connectivity index (χ2v) is 9.28. The molecule has 8 heteroatoms. The zero-order valence-electron chi connectivity index (χ0n) is 18.2. The maximum Gasteiger partial charge on any atom is 0.259 e. The van der Waals surface area contributed by atoms with Crippen molar-refractivity contribution >= 4 is 45.0 Å². The van der Waals surface area contributed by atoms with E-state index in [1.165, 1.54) is 0 Å². The van der Waals surface area contributed by atoms with Crippen LogP contribution in [0.2, 0.25) is 5.02 Å². The minimum absolute atomic E-state index is 0.0747. The summed E-state index contributed by atoms with van der Waals surface area (Å²) in [7, 11) is 0. The number of rotatable bonds is 2. The van der Waals surface area contributed by atoms with E-state index in [4.69, 9.17) is 16.3 Å². The van der Waals surface area contributed by atoms with Gasteiger partial charge in [-0.05, 0) is 67.6 Å². The van der Waals surface area contributed by atoms with Crippen molar-refractivity contribution in [3.8, 4) is 0 Å². The van der Waals surface area contributed by atoms with Crippen LogP contribution in [0.4, 0.5) is 5.69 Å². The fourth-order valence-electron chi connectivity index (χ4n) is 5.16. The van der Waals surface area contributed by atoms with Crippen LogP contribution in [0.5, 0.6) is 0 Å². The molecule has 0 aliphatic carbocycles. The molecule has 168 valence electrons. The van der Waals surface area contributed by atoms with Crippen molar-refractivity contribution in [3.05, 3.63) is 68.6 Å². The van der Waals surface area contributed by atoms with Crippen molar-refractivity contribution in [1.82, 2.24) is 14.8 Å². The number of fused-ring (bicyclic) bond motifs is 4. The summed E-state index contributed by atoms with van der Waals surface area (Å²) >= 11 is 6.13. The van der Waals surface area contributed by atoms with Crippen LogP contribution < -0.4 is 10.5 Å². The second-order valence-electron chi connectivity index (χ2n) is 8.84. The van der Waals surface area contributed by atoms with E-state index < -0.39 is 0 Å². The highest BCUT2D eigenvalue weighted by atomic mass is 35.5. The fraction of sp³-hybridized carbons (Fsp3) is 0.320. The lowest BCUT2D eigenvalue weighted by Crippen LogP contribution is -2.29. The maximum atomic E-state index is 13.5. The number of aromatic nitrogens is 3. The van der Waals surface area contributed by atoms with Gasteiger partial charge in [0.25, 0.3) is 11.5 Å². The van der Waals surface area contributed by atoms with E-state index >= 15 is 0 Å². The number of halogens is 1. The van der Waals surface area contributed by atoms with E-state index in [0.29, 0.717) is 41.2 Å². The van der Waals surface area contributed by atoms with Gasteiger partial charge in [-0.1, -0.05) is 11.6 Å². The summed E-state index contributed by atoms with van der Waals surface area (Å²) in [5.74, 6) is -0.0747. The molecule has 0 bridgehead atoms. The summed E-state index contributed by atoms with van der Waals surface area (Å²) < 4.78 is 7.47. The number of hydrogen-bond donors (Lipinski definition) is 1. The van der Waals surface area contributed by atoms with Gasteiger partial charge in [0, 0.05) is 41.4 Å². The maximum absolute atomic E-state index is 13.5. The number of hydrogen-bond acceptors (Lipinski definition) is 4. The lowest BCUT2D eigenvalue weighted by molar-refractivity contribution is 0.0675. The average Bonchev–Trinajstić information content (AvgIpc) is 3.44. The number of carbonyl (C=O) groups is 1. The van der Waals surface area contributed by atoms with Crippen LogP contribution in [0.25, 0.3) is 21.8 Å². The first-order chi connectivity index (χ1) is 16.0. The Bertz CT molecular complexity index is 1480. The number of nitrogens with zero attached hydrogens (tertiary/aromatic N) is 3. The SMILES string of the molecule is Cc1cc2c(cc1C(=O)N1CCc3cc(Cl)ccc31)[nH]c(=O)c1cnn(C3CCOCC3)c12. The first-order valence-electron chi connectivity index (χ1n) is 11.2. The van der Waals surface area contributed by atoms with Crippen molar-refractivity contribution in [2.45, 2.75) is 32.2 Å². The van der Waals surface area contributed by atoms with E-state index in [-0.39, 0.29) is 17.5 Å². The van der Waals surface area contributed by atoms with Gasteiger partial charge < -0.3 is 14.6 Å². The number of aromatic amines is 1. The normalized spacial score (nSPS) is 16.6. The third-order valence-corrected chi connectivity index (χ3v) is 7.09. The van der Waals surface area contributed by atoms with Gasteiger partial charge in [0.15, 0.2) is 0 Å². The Balaban J connectivity index is 1.48. The highest BCUT2D eigenvalue weighted by Gasteiger charge is 2.28. The highest BCUT2D eigenvalue weighted by molar-refractivity contribution is 6.30. The Labute approximate surface area is 194 Å². The lowest BCUT2D eigenvalue weighted by Gasteiger charge is -2.23. The predicted octanol–water partition coefficient (Wildman–Crippen LogP) is 4.39. The number of anilines is 1. The van der Waals surface area contributed by atoms with Crippen LogP contribution in [0, 0.1) is 6.92 Å². The smallest absolute Gasteiger partial charge is 0.259 e. The zero-order valence-corrected chi connectivity index (χ0v) is 19.0. The minimum Gasteiger partial charge on any atom is -0.381 e. The Morgan fingerprint density at radius 1 is 1.18 bits per heavy atom. The average molecular weight is 463 g/mol. The molecule has 7 nitrogen and oxygen atoms in total. The van der Waals surface area contributed by atoms with Gasteiger partial charge in [0.05, 0.1) is 28.7 Å². The molecule has 4 heterocycles. The number of ether oxygens (including phenoxy) is 1. The molecule has 0 saturated carbocycles. The van der Waals surface area contributed by atoms with E-state index in [2.05, 4.69) is 10.1 Å². The van der Waals surface area contributed by atoms with Crippen LogP contribution in [0.3, 0.4) is 0 Å². The molecule has 6 rings (SSSR count). The van der Waals surface area contributed by atoms with Crippen LogP contribution in [0.1, 0.15) is 40.4 Å². The van der Waals surface area contributed by atoms with Crippen molar-refractivity contribution in [2.24, 2.45) is 0 Å². The van der Waals surface area contributed by atoms with Gasteiger partial charge in [-0.25, -0.2) is 0 Å². The summed E-state index contributed by atoms with van der Waals surface area (Å²) in [5.41, 5.74) is 4.68. The Hall–Kier alpha value is -3.16. The molecule has 0 spiro atoms. The molecule has 1 amide bonds. The van der Waals surface area contributed by atoms with E-state index in [1.54, 1.807) is 11.1 Å². The van der Waals surface area contributed by atoms with Crippen LogP contribution in [0.15, 0.2) is 41.3 Å². The Kier molecular flexibility index (Phi) is 4.78. The number of benzene rings is 2. The Morgan fingerprint density at radius 3 is 2.82 bits per heavy atom. The first kappa shape index (κ1) is 20.4. The summed E-state index contributed by atoms with van der Waals surface area (Å²) in [5, 5.41) is 6.71. The van der Waals surface area contributed by atoms with Crippen molar-refractivity contribution in [3.63, 3.8) is 0 Å². The number of nitrogens with one attached hydrogen (secondary N) is 1. The third-order valence-electron chi connectivity index (χ3n) is 6.86. The number of amides is 1. The molecule has 4 aromatic rings. The number of carbonyl (C=O) groups excluding carboxylic acids is 1. The molecule has 1 N–H and O–H groups in total. The van der Waals surface area contributed by atoms with E-state index in [0.717, 1.165) is 47.0 Å². The molecule has 2 aliphatic rings. The molecular weight excluding hydrogens is 440 g/mol. The van der Waals surface area contributed by atoms with Crippen molar-refractivity contribution in [1.29, 1.82) is 0 Å². The van der Waals surface area contributed by atoms with E-state index in [9.17, 15) is 9.59 Å². The summed E-state index contributed by atoms with van der Waals surface area (Å²) in [6, 6.07) is 9.63. The van der Waals surface area contributed by atoms with Crippen LogP contribution >= 0.6 is 11.6 Å². The summed E-state index contributed by atoms with van der Waals surface area (Å²) in [6.45, 7) is 3.93. The van der Waals surface area contributed by atoms with Crippen molar-refractivity contribution < 1.29 is 9.53 Å². The molecular formula is C25H23ClN4O3. The van der Waals surface area contributed by atoms with Gasteiger partial charge in [-0.2, -0.15) is 5.10 Å². The van der Waals surface area contributed by atoms with E-state index in [1.807, 2.05) is 41.9 Å². The molecule has 0 radical (unpaired) electrons. The summed E-state index contributed by atoms with van der Waals surface area (Å²) in [6.07, 6.45) is 4.14. The highest BCUT2D eigenvalue weighted by Crippen LogP contribution is 2.34. The fourth-order valence-corrected chi connectivity index (χ4v) is 5.35. The second kappa shape index (κ2) is 7.71. The first-order valence-corrected chi connectivity index (χ1v) is 11.6. The quantitative estimate of drug-likeness (QED) is 0.479. The monoisotopic (exact) mass is 462 g/mol. The molecule has 1 saturated heterocycles. The van der Waals surface area contributed by atoms with Gasteiger partial charge in [-0.15, -0.1) is 0 Å². The zero-order chi connectivity index (χ0) is 22.7. The molecule has 0 atom stereocenters. The van der Waals surface area contributed by atoms with Gasteiger partial charge in [0.2, 0.25) is 0 Å². The number of aryl methyl sites for hydroxylation is 1. The van der Waals surface area contributed by atoms with Crippen LogP contribution in [-0.4, -0.2) is 40.4 Å². The van der Waals surface area contributed by atoms with Gasteiger partial charge >= 0.3 is 0 Å². The standard InChI is InChI=1S/C25H23ClN4O3/c1-14-10-19-21(12-18(14)25(32)29-7-4-15-11-16(26)2-3-22(15)29)28-24(31)20-13-27-30(23(19)20)17-5-8-33-9-6-17/h2-3,10-13,17H,4-9H2,1H3,(H,28,31). The van der Waals surface area contributed by atoms with Crippen LogP contribution in [-0.2, 0) is 11.2 Å².